The lowest BCUT2D eigenvalue weighted by Gasteiger charge is -2.00. The molecule has 0 bridgehead atoms. The summed E-state index contributed by atoms with van der Waals surface area (Å²) in [5.74, 6) is 0. The molecule has 1 saturated heterocycles. The topological polar surface area (TPSA) is 22.1 Å². The van der Waals surface area contributed by atoms with E-state index in [9.17, 15) is 0 Å². The van der Waals surface area contributed by atoms with Gasteiger partial charge in [-0.25, -0.2) is 4.98 Å². The van der Waals surface area contributed by atoms with Crippen molar-refractivity contribution in [2.75, 3.05) is 6.61 Å². The van der Waals surface area contributed by atoms with E-state index in [-0.39, 0.29) is 6.10 Å². The van der Waals surface area contributed by atoms with Crippen LogP contribution in [-0.2, 0) is 4.74 Å². The maximum atomic E-state index is 5.50. The number of ether oxygens (including phenoxy) is 1. The van der Waals surface area contributed by atoms with Gasteiger partial charge in [-0.2, -0.15) is 0 Å². The molecule has 0 radical (unpaired) electrons. The summed E-state index contributed by atoms with van der Waals surface area (Å²) >= 11 is 1.70. The Kier molecular flexibility index (Phi) is 2.47. The van der Waals surface area contributed by atoms with Crippen LogP contribution in [0.4, 0.5) is 0 Å². The molecule has 1 unspecified atom stereocenters. The van der Waals surface area contributed by atoms with Crippen molar-refractivity contribution < 1.29 is 4.74 Å². The van der Waals surface area contributed by atoms with E-state index in [0.717, 1.165) is 18.4 Å². The number of hydrogen-bond acceptors (Lipinski definition) is 3. The van der Waals surface area contributed by atoms with Crippen LogP contribution in [0.1, 0.15) is 20.3 Å². The van der Waals surface area contributed by atoms with Gasteiger partial charge in [-0.1, -0.05) is 6.08 Å². The molecule has 1 aromatic rings. The van der Waals surface area contributed by atoms with Gasteiger partial charge in [-0.15, -0.1) is 11.3 Å². The Morgan fingerprint density at radius 1 is 1.69 bits per heavy atom. The second-order valence-corrected chi connectivity index (χ2v) is 4.03. The highest BCUT2D eigenvalue weighted by Gasteiger charge is 2.18. The van der Waals surface area contributed by atoms with Crippen molar-refractivity contribution >= 4 is 23.0 Å². The highest BCUT2D eigenvalue weighted by molar-refractivity contribution is 7.07. The van der Waals surface area contributed by atoms with E-state index in [0.29, 0.717) is 0 Å². The van der Waals surface area contributed by atoms with Gasteiger partial charge in [0.15, 0.2) is 0 Å². The fraction of sp³-hybridized carbons (Fsp3) is 0.500. The van der Waals surface area contributed by atoms with Crippen molar-refractivity contribution in [2.24, 2.45) is 0 Å². The molecule has 0 aliphatic carbocycles. The lowest BCUT2D eigenvalue weighted by atomic mass is 10.1. The molecule has 13 heavy (non-hydrogen) atoms. The largest absolute Gasteiger partial charge is 0.374 e. The Labute approximate surface area is 81.6 Å². The van der Waals surface area contributed by atoms with Crippen LogP contribution in [-0.4, -0.2) is 17.7 Å². The van der Waals surface area contributed by atoms with Gasteiger partial charge >= 0.3 is 0 Å². The van der Waals surface area contributed by atoms with Crippen molar-refractivity contribution in [1.29, 1.82) is 0 Å². The highest BCUT2D eigenvalue weighted by Crippen LogP contribution is 2.18. The normalized spacial score (nSPS) is 28.5. The van der Waals surface area contributed by atoms with E-state index < -0.39 is 0 Å². The molecule has 0 N–H and O–H groups in total. The van der Waals surface area contributed by atoms with Crippen LogP contribution in [0.3, 0.4) is 0 Å². The van der Waals surface area contributed by atoms with Crippen molar-refractivity contribution in [1.82, 2.24) is 4.98 Å². The molecule has 0 spiro atoms. The second kappa shape index (κ2) is 3.60. The molecule has 70 valence electrons. The summed E-state index contributed by atoms with van der Waals surface area (Å²) in [4.78, 5) is 4.39. The van der Waals surface area contributed by atoms with E-state index in [1.165, 1.54) is 10.1 Å². The first-order chi connectivity index (χ1) is 6.33. The third-order valence-corrected chi connectivity index (χ3v) is 3.28. The summed E-state index contributed by atoms with van der Waals surface area (Å²) in [6, 6.07) is 0. The Morgan fingerprint density at radius 3 is 3.15 bits per heavy atom. The molecule has 2 rings (SSSR count). The van der Waals surface area contributed by atoms with Crippen LogP contribution in [0.5, 0.6) is 0 Å². The first-order valence-corrected chi connectivity index (χ1v) is 5.41. The Bertz CT molecular complexity index is 407. The zero-order valence-corrected chi connectivity index (χ0v) is 8.73. The summed E-state index contributed by atoms with van der Waals surface area (Å²) < 4.78 is 6.77. The fourth-order valence-electron chi connectivity index (χ4n) is 1.66. The summed E-state index contributed by atoms with van der Waals surface area (Å²) in [7, 11) is 0. The van der Waals surface area contributed by atoms with E-state index in [4.69, 9.17) is 4.74 Å². The van der Waals surface area contributed by atoms with Crippen molar-refractivity contribution in [3.8, 4) is 0 Å². The minimum atomic E-state index is 0.251. The number of nitrogens with zero attached hydrogens (tertiary/aromatic N) is 1. The average Bonchev–Trinajstić information content (AvgIpc) is 2.71. The maximum Gasteiger partial charge on any atom is 0.0827 e. The molecule has 3 heteroatoms. The van der Waals surface area contributed by atoms with Gasteiger partial charge in [0.1, 0.15) is 0 Å². The van der Waals surface area contributed by atoms with Gasteiger partial charge in [0.2, 0.25) is 0 Å². The molecule has 1 fully saturated rings. The number of rotatable bonds is 0. The van der Waals surface area contributed by atoms with Gasteiger partial charge in [0.05, 0.1) is 28.1 Å². The standard InChI is InChI=1S/C10H13NOS/c1-3-9-10(11-6-13-9)8-4-5-12-7(8)2/h3,6-7H,4-5H2,1-2H3/b9-3+,10-8+. The van der Waals surface area contributed by atoms with Crippen LogP contribution in [0.25, 0.3) is 11.6 Å². The molecule has 1 aliphatic heterocycles. The minimum Gasteiger partial charge on any atom is -0.374 e. The molecule has 0 saturated carbocycles. The Morgan fingerprint density at radius 2 is 2.54 bits per heavy atom. The zero-order valence-electron chi connectivity index (χ0n) is 7.91. The minimum absolute atomic E-state index is 0.251. The lowest BCUT2D eigenvalue weighted by Crippen LogP contribution is -2.26. The van der Waals surface area contributed by atoms with Crippen LogP contribution < -0.4 is 9.88 Å². The maximum absolute atomic E-state index is 5.50. The molecule has 0 amide bonds. The SMILES string of the molecule is C/C=c1/scn/c1=C1\CCOC1C. The van der Waals surface area contributed by atoms with Crippen LogP contribution in [0.15, 0.2) is 5.51 Å². The molecule has 0 aromatic carbocycles. The average molecular weight is 195 g/mol. The van der Waals surface area contributed by atoms with Crippen molar-refractivity contribution in [3.63, 3.8) is 0 Å². The van der Waals surface area contributed by atoms with Gasteiger partial charge in [-0.05, 0) is 25.8 Å². The van der Waals surface area contributed by atoms with Crippen LogP contribution >= 0.6 is 11.3 Å². The Balaban J connectivity index is 2.66. The number of aromatic nitrogens is 1. The molecular formula is C10H13NOS. The van der Waals surface area contributed by atoms with E-state index in [2.05, 4.69) is 24.9 Å². The van der Waals surface area contributed by atoms with Gasteiger partial charge in [0.25, 0.3) is 0 Å². The summed E-state index contributed by atoms with van der Waals surface area (Å²) in [6.07, 6.45) is 3.40. The summed E-state index contributed by atoms with van der Waals surface area (Å²) in [6.45, 7) is 5.00. The molecule has 2 nitrogen and oxygen atoms in total. The predicted molar refractivity (Wildman–Crippen MR) is 54.9 cm³/mol. The van der Waals surface area contributed by atoms with Gasteiger partial charge in [-0.3, -0.25) is 0 Å². The number of hydrogen-bond donors (Lipinski definition) is 0. The third kappa shape index (κ3) is 1.54. The zero-order chi connectivity index (χ0) is 9.26. The van der Waals surface area contributed by atoms with Crippen LogP contribution in [0.2, 0.25) is 0 Å². The molecule has 1 aromatic heterocycles. The summed E-state index contributed by atoms with van der Waals surface area (Å²) in [5.41, 5.74) is 3.26. The fourth-order valence-corrected chi connectivity index (χ4v) is 2.36. The van der Waals surface area contributed by atoms with Crippen molar-refractivity contribution in [3.05, 3.63) is 15.4 Å². The number of thiazole rings is 1. The lowest BCUT2D eigenvalue weighted by molar-refractivity contribution is 0.143. The van der Waals surface area contributed by atoms with Crippen molar-refractivity contribution in [2.45, 2.75) is 26.4 Å². The quantitative estimate of drug-likeness (QED) is 0.613. The second-order valence-electron chi connectivity index (χ2n) is 3.14. The first-order valence-electron chi connectivity index (χ1n) is 4.53. The Hall–Kier alpha value is -0.670. The van der Waals surface area contributed by atoms with Gasteiger partial charge in [0, 0.05) is 0 Å². The van der Waals surface area contributed by atoms with E-state index >= 15 is 0 Å². The molecule has 1 atom stereocenters. The van der Waals surface area contributed by atoms with Gasteiger partial charge < -0.3 is 4.74 Å². The highest BCUT2D eigenvalue weighted by atomic mass is 32.1. The smallest absolute Gasteiger partial charge is 0.0827 e. The van der Waals surface area contributed by atoms with E-state index in [1.54, 1.807) is 11.3 Å². The molecule has 1 aliphatic rings. The third-order valence-electron chi connectivity index (χ3n) is 2.39. The molecule has 2 heterocycles. The predicted octanol–water partition coefficient (Wildman–Crippen LogP) is 0.903. The molecular weight excluding hydrogens is 182 g/mol. The first kappa shape index (κ1) is 8.91. The van der Waals surface area contributed by atoms with E-state index in [1.807, 2.05) is 5.51 Å². The van der Waals surface area contributed by atoms with Crippen LogP contribution in [0, 0.1) is 0 Å². The summed E-state index contributed by atoms with van der Waals surface area (Å²) in [5, 5.41) is 1.15. The monoisotopic (exact) mass is 195 g/mol.